The van der Waals surface area contributed by atoms with Crippen molar-refractivity contribution in [1.29, 1.82) is 0 Å². The van der Waals surface area contributed by atoms with Gasteiger partial charge in [0.25, 0.3) is 11.7 Å². The van der Waals surface area contributed by atoms with E-state index in [1.165, 1.54) is 11.6 Å². The monoisotopic (exact) mass is 501 g/mol. The molecule has 4 rings (SSSR count). The third kappa shape index (κ3) is 6.76. The molecular weight excluding hydrogens is 479 g/mol. The van der Waals surface area contributed by atoms with E-state index in [4.69, 9.17) is 16.6 Å². The number of carbonyl (C=O) groups excluding carboxylic acids is 1. The van der Waals surface area contributed by atoms with Crippen LogP contribution in [-0.2, 0) is 12.6 Å². The predicted molar refractivity (Wildman–Crippen MR) is 125 cm³/mol. The highest BCUT2D eigenvalue weighted by Crippen LogP contribution is 2.30. The zero-order chi connectivity index (χ0) is 26.3. The zero-order valence-corrected chi connectivity index (χ0v) is 19.0. The van der Waals surface area contributed by atoms with E-state index in [-0.39, 0.29) is 23.9 Å². The number of benzene rings is 2. The molecule has 2 aromatic carbocycles. The van der Waals surface area contributed by atoms with Crippen LogP contribution in [0.25, 0.3) is 11.5 Å². The van der Waals surface area contributed by atoms with Crippen molar-refractivity contribution in [3.05, 3.63) is 77.2 Å². The minimum atomic E-state index is -4.74. The van der Waals surface area contributed by atoms with Crippen LogP contribution in [0, 0.1) is 6.92 Å². The lowest BCUT2D eigenvalue weighted by molar-refractivity contribution is -0.146. The van der Waals surface area contributed by atoms with Gasteiger partial charge in [-0.15, -0.1) is 0 Å². The summed E-state index contributed by atoms with van der Waals surface area (Å²) in [6, 6.07) is 14.7. The van der Waals surface area contributed by atoms with Crippen molar-refractivity contribution < 1.29 is 27.6 Å². The number of alkyl halides is 3. The smallest absolute Gasteiger partial charge is 0.396 e. The van der Waals surface area contributed by atoms with E-state index >= 15 is 0 Å². The standard InChI is InChI=1S/C15H12F3N7O2.C8H10O/c1-6-4-7(2-3-8(6)11(20)26)22-14-21-5-9(10(19)23-14)12-24-13(25-27-12)15(16,17)18;9-7-6-8-4-2-1-3-5-8/h2-5H,1H3,(H2,20,26)(H3,19,21,22,23);1-5,9H,6-7H2. The van der Waals surface area contributed by atoms with Crippen LogP contribution in [0.5, 0.6) is 0 Å². The Morgan fingerprint density at radius 3 is 2.42 bits per heavy atom. The molecule has 0 aliphatic rings. The van der Waals surface area contributed by atoms with Crippen LogP contribution in [0.15, 0.2) is 59.3 Å². The molecule has 6 N–H and O–H groups in total. The van der Waals surface area contributed by atoms with Gasteiger partial charge in [-0.05, 0) is 42.7 Å². The lowest BCUT2D eigenvalue weighted by Crippen LogP contribution is -2.12. The molecular formula is C23H22F3N7O3. The summed E-state index contributed by atoms with van der Waals surface area (Å²) in [7, 11) is 0. The molecule has 2 heterocycles. The van der Waals surface area contributed by atoms with Gasteiger partial charge < -0.3 is 26.4 Å². The average molecular weight is 501 g/mol. The van der Waals surface area contributed by atoms with Crippen molar-refractivity contribution in [3.8, 4) is 11.5 Å². The van der Waals surface area contributed by atoms with Gasteiger partial charge in [0, 0.05) is 24.1 Å². The number of anilines is 3. The van der Waals surface area contributed by atoms with Crippen LogP contribution in [0.4, 0.5) is 30.6 Å². The molecule has 0 radical (unpaired) electrons. The van der Waals surface area contributed by atoms with Crippen LogP contribution < -0.4 is 16.8 Å². The molecule has 0 unspecified atom stereocenters. The minimum absolute atomic E-state index is 0.0381. The second kappa shape index (κ2) is 11.3. The Kier molecular flexibility index (Phi) is 8.17. The number of hydrogen-bond acceptors (Lipinski definition) is 9. The fourth-order valence-corrected chi connectivity index (χ4v) is 2.99. The Balaban J connectivity index is 0.000000338. The summed E-state index contributed by atoms with van der Waals surface area (Å²) in [5.41, 5.74) is 13.7. The van der Waals surface area contributed by atoms with Crippen LogP contribution in [-0.4, -0.2) is 37.7 Å². The highest BCUT2D eigenvalue weighted by molar-refractivity contribution is 5.94. The predicted octanol–water partition coefficient (Wildman–Crippen LogP) is 3.50. The number of primary amides is 1. The second-order valence-electron chi connectivity index (χ2n) is 7.39. The van der Waals surface area contributed by atoms with Crippen molar-refractivity contribution in [2.24, 2.45) is 5.73 Å². The SMILES string of the molecule is Cc1cc(Nc2ncc(-c3nc(C(F)(F)F)no3)c(N)n2)ccc1C(N)=O.OCCc1ccccc1. The fourth-order valence-electron chi connectivity index (χ4n) is 2.99. The number of rotatable bonds is 6. The van der Waals surface area contributed by atoms with Crippen LogP contribution >= 0.6 is 0 Å². The molecule has 4 aromatic rings. The number of aromatic nitrogens is 4. The first-order valence-corrected chi connectivity index (χ1v) is 10.4. The molecule has 0 aliphatic carbocycles. The molecule has 0 aliphatic heterocycles. The Hall–Kier alpha value is -4.52. The molecule has 13 heteroatoms. The summed E-state index contributed by atoms with van der Waals surface area (Å²) < 4.78 is 42.2. The summed E-state index contributed by atoms with van der Waals surface area (Å²) in [6.07, 6.45) is -2.82. The molecule has 36 heavy (non-hydrogen) atoms. The molecule has 0 bridgehead atoms. The van der Waals surface area contributed by atoms with Gasteiger partial charge in [-0.2, -0.15) is 23.1 Å². The highest BCUT2D eigenvalue weighted by Gasteiger charge is 2.37. The summed E-state index contributed by atoms with van der Waals surface area (Å²) in [5.74, 6) is -2.51. The number of amides is 1. The number of aliphatic hydroxyl groups is 1. The Morgan fingerprint density at radius 1 is 1.14 bits per heavy atom. The number of hydrogen-bond donors (Lipinski definition) is 4. The van der Waals surface area contributed by atoms with Crippen molar-refractivity contribution >= 4 is 23.4 Å². The molecule has 0 saturated heterocycles. The minimum Gasteiger partial charge on any atom is -0.396 e. The van der Waals surface area contributed by atoms with Crippen molar-refractivity contribution in [3.63, 3.8) is 0 Å². The quantitative estimate of drug-likeness (QED) is 0.309. The molecule has 0 spiro atoms. The van der Waals surface area contributed by atoms with Crippen molar-refractivity contribution in [2.45, 2.75) is 19.5 Å². The number of nitrogens with zero attached hydrogens (tertiary/aromatic N) is 4. The van der Waals surface area contributed by atoms with Gasteiger partial charge in [-0.1, -0.05) is 35.5 Å². The van der Waals surface area contributed by atoms with Gasteiger partial charge in [0.05, 0.1) is 0 Å². The summed E-state index contributed by atoms with van der Waals surface area (Å²) in [4.78, 5) is 22.4. The van der Waals surface area contributed by atoms with E-state index in [1.807, 2.05) is 30.3 Å². The normalized spacial score (nSPS) is 10.9. The number of nitrogens with one attached hydrogen (secondary N) is 1. The van der Waals surface area contributed by atoms with Gasteiger partial charge in [0.2, 0.25) is 11.9 Å². The molecule has 188 valence electrons. The third-order valence-corrected chi connectivity index (χ3v) is 4.72. The fraction of sp³-hybridized carbons (Fsp3) is 0.174. The van der Waals surface area contributed by atoms with E-state index in [9.17, 15) is 18.0 Å². The summed E-state index contributed by atoms with van der Waals surface area (Å²) in [5, 5.41) is 14.2. The average Bonchev–Trinajstić information content (AvgIpc) is 3.31. The van der Waals surface area contributed by atoms with E-state index in [0.717, 1.165) is 12.6 Å². The molecule has 0 atom stereocenters. The number of aliphatic hydroxyl groups excluding tert-OH is 1. The third-order valence-electron chi connectivity index (χ3n) is 4.72. The number of carbonyl (C=O) groups is 1. The first-order valence-electron chi connectivity index (χ1n) is 10.4. The van der Waals surface area contributed by atoms with E-state index in [2.05, 4.69) is 29.9 Å². The van der Waals surface area contributed by atoms with E-state index in [1.54, 1.807) is 19.1 Å². The Morgan fingerprint density at radius 2 is 1.86 bits per heavy atom. The lowest BCUT2D eigenvalue weighted by Gasteiger charge is -2.09. The first kappa shape index (κ1) is 26.1. The van der Waals surface area contributed by atoms with Crippen LogP contribution in [0.1, 0.15) is 27.3 Å². The molecule has 10 nitrogen and oxygen atoms in total. The van der Waals surface area contributed by atoms with Gasteiger partial charge in [-0.3, -0.25) is 4.79 Å². The second-order valence-corrected chi connectivity index (χ2v) is 7.39. The Labute approximate surface area is 203 Å². The van der Waals surface area contributed by atoms with E-state index in [0.29, 0.717) is 16.8 Å². The van der Waals surface area contributed by atoms with Gasteiger partial charge in [0.1, 0.15) is 11.4 Å². The van der Waals surface area contributed by atoms with Gasteiger partial charge in [0.15, 0.2) is 0 Å². The van der Waals surface area contributed by atoms with Crippen LogP contribution in [0.3, 0.4) is 0 Å². The molecule has 0 fully saturated rings. The Bertz CT molecular complexity index is 1330. The first-order chi connectivity index (χ1) is 17.1. The topological polar surface area (TPSA) is 166 Å². The number of aryl methyl sites for hydroxylation is 1. The van der Waals surface area contributed by atoms with Crippen LogP contribution in [0.2, 0.25) is 0 Å². The molecule has 1 amide bonds. The number of halogens is 3. The largest absolute Gasteiger partial charge is 0.455 e. The summed E-state index contributed by atoms with van der Waals surface area (Å²) >= 11 is 0. The maximum Gasteiger partial charge on any atom is 0.455 e. The maximum absolute atomic E-state index is 12.5. The van der Waals surface area contributed by atoms with Crippen molar-refractivity contribution in [1.82, 2.24) is 20.1 Å². The number of nitrogen functional groups attached to an aromatic ring is 1. The maximum atomic E-state index is 12.5. The van der Waals surface area contributed by atoms with E-state index < -0.39 is 23.8 Å². The molecule has 0 saturated carbocycles. The highest BCUT2D eigenvalue weighted by atomic mass is 19.4. The lowest BCUT2D eigenvalue weighted by atomic mass is 10.1. The van der Waals surface area contributed by atoms with Gasteiger partial charge in [-0.25, -0.2) is 4.98 Å². The zero-order valence-electron chi connectivity index (χ0n) is 19.0. The van der Waals surface area contributed by atoms with Gasteiger partial charge >= 0.3 is 6.18 Å². The number of nitrogens with two attached hydrogens (primary N) is 2. The molecule has 2 aromatic heterocycles. The van der Waals surface area contributed by atoms with Crippen molar-refractivity contribution in [2.75, 3.05) is 17.7 Å². The summed E-state index contributed by atoms with van der Waals surface area (Å²) in [6.45, 7) is 1.95.